The third-order valence-electron chi connectivity index (χ3n) is 5.17. The van der Waals surface area contributed by atoms with Gasteiger partial charge in [-0.2, -0.15) is 8.78 Å². The van der Waals surface area contributed by atoms with Crippen molar-refractivity contribution in [3.05, 3.63) is 29.8 Å². The molecule has 2 amide bonds. The highest BCUT2D eigenvalue weighted by molar-refractivity contribution is 5.74. The van der Waals surface area contributed by atoms with E-state index in [1.807, 2.05) is 11.0 Å². The van der Waals surface area contributed by atoms with Crippen molar-refractivity contribution in [2.45, 2.75) is 51.3 Å². The van der Waals surface area contributed by atoms with Crippen molar-refractivity contribution in [1.82, 2.24) is 15.1 Å². The van der Waals surface area contributed by atoms with E-state index in [9.17, 15) is 13.6 Å². The zero-order valence-electron chi connectivity index (χ0n) is 15.0. The van der Waals surface area contributed by atoms with Gasteiger partial charge in [-0.05, 0) is 18.9 Å². The van der Waals surface area contributed by atoms with E-state index < -0.39 is 6.61 Å². The number of para-hydroxylation sites is 1. The van der Waals surface area contributed by atoms with Crippen molar-refractivity contribution in [2.75, 3.05) is 26.2 Å². The molecule has 1 aromatic carbocycles. The van der Waals surface area contributed by atoms with Crippen LogP contribution in [0.3, 0.4) is 0 Å². The van der Waals surface area contributed by atoms with E-state index in [0.717, 1.165) is 31.5 Å². The number of alkyl halides is 2. The second-order valence-electron chi connectivity index (χ2n) is 7.03. The topological polar surface area (TPSA) is 44.8 Å². The fourth-order valence-corrected chi connectivity index (χ4v) is 3.71. The molecule has 1 aliphatic heterocycles. The SMILES string of the molecule is O=C(NC1CCCCC1)N1CCN(Cc2ccccc2OC(F)F)CC1. The number of rotatable bonds is 5. The van der Waals surface area contributed by atoms with Crippen LogP contribution in [0.5, 0.6) is 5.75 Å². The Morgan fingerprint density at radius 1 is 1.12 bits per heavy atom. The van der Waals surface area contributed by atoms with E-state index in [1.165, 1.54) is 19.3 Å². The van der Waals surface area contributed by atoms with Crippen molar-refractivity contribution in [2.24, 2.45) is 0 Å². The molecule has 0 atom stereocenters. The molecular formula is C19H27F2N3O2. The van der Waals surface area contributed by atoms with Gasteiger partial charge in [0.2, 0.25) is 0 Å². The molecule has 3 rings (SSSR count). The van der Waals surface area contributed by atoms with Crippen LogP contribution in [0.25, 0.3) is 0 Å². The molecule has 1 aliphatic carbocycles. The normalized spacial score (nSPS) is 19.6. The molecule has 0 bridgehead atoms. The summed E-state index contributed by atoms with van der Waals surface area (Å²) in [5.41, 5.74) is 0.743. The summed E-state index contributed by atoms with van der Waals surface area (Å²) < 4.78 is 29.6. The molecule has 0 aromatic heterocycles. The van der Waals surface area contributed by atoms with Crippen LogP contribution in [0.15, 0.2) is 24.3 Å². The van der Waals surface area contributed by atoms with E-state index in [4.69, 9.17) is 0 Å². The van der Waals surface area contributed by atoms with Gasteiger partial charge in [0.15, 0.2) is 0 Å². The maximum atomic E-state index is 12.5. The molecule has 144 valence electrons. The number of carbonyl (C=O) groups is 1. The number of benzene rings is 1. The molecular weight excluding hydrogens is 340 g/mol. The molecule has 7 heteroatoms. The van der Waals surface area contributed by atoms with Gasteiger partial charge in [0, 0.05) is 44.3 Å². The number of ether oxygens (including phenoxy) is 1. The number of hydrogen-bond acceptors (Lipinski definition) is 3. The number of halogens is 2. The third-order valence-corrected chi connectivity index (χ3v) is 5.17. The first-order chi connectivity index (χ1) is 12.6. The number of carbonyl (C=O) groups excluding carboxylic acids is 1. The van der Waals surface area contributed by atoms with Crippen molar-refractivity contribution in [3.63, 3.8) is 0 Å². The summed E-state index contributed by atoms with van der Waals surface area (Å²) in [6, 6.07) is 7.22. The van der Waals surface area contributed by atoms with Gasteiger partial charge < -0.3 is 15.0 Å². The highest BCUT2D eigenvalue weighted by atomic mass is 19.3. The molecule has 1 aromatic rings. The summed E-state index contributed by atoms with van der Waals surface area (Å²) in [6.45, 7) is 0.465. The first-order valence-electron chi connectivity index (χ1n) is 9.42. The molecule has 1 saturated carbocycles. The summed E-state index contributed by atoms with van der Waals surface area (Å²) >= 11 is 0. The Morgan fingerprint density at radius 3 is 2.50 bits per heavy atom. The van der Waals surface area contributed by atoms with Crippen LogP contribution in [0.2, 0.25) is 0 Å². The van der Waals surface area contributed by atoms with Crippen LogP contribution in [-0.4, -0.2) is 54.7 Å². The lowest BCUT2D eigenvalue weighted by Gasteiger charge is -2.36. The third kappa shape index (κ3) is 5.30. The van der Waals surface area contributed by atoms with Crippen molar-refractivity contribution in [1.29, 1.82) is 0 Å². The minimum Gasteiger partial charge on any atom is -0.434 e. The van der Waals surface area contributed by atoms with Crippen molar-refractivity contribution in [3.8, 4) is 5.75 Å². The van der Waals surface area contributed by atoms with Crippen molar-refractivity contribution >= 4 is 6.03 Å². The summed E-state index contributed by atoms with van der Waals surface area (Å²) in [5, 5.41) is 3.15. The molecule has 26 heavy (non-hydrogen) atoms. The number of hydrogen-bond donors (Lipinski definition) is 1. The number of urea groups is 1. The monoisotopic (exact) mass is 367 g/mol. The Kier molecular flexibility index (Phi) is 6.66. The quantitative estimate of drug-likeness (QED) is 0.867. The minimum atomic E-state index is -2.82. The number of amides is 2. The number of nitrogens with zero attached hydrogens (tertiary/aromatic N) is 2. The van der Waals surface area contributed by atoms with Crippen LogP contribution < -0.4 is 10.1 Å². The Balaban J connectivity index is 1.47. The number of piperazine rings is 1. The maximum absolute atomic E-state index is 12.5. The second kappa shape index (κ2) is 9.16. The Morgan fingerprint density at radius 2 is 1.81 bits per heavy atom. The van der Waals surface area contributed by atoms with Crippen LogP contribution >= 0.6 is 0 Å². The summed E-state index contributed by atoms with van der Waals surface area (Å²) in [7, 11) is 0. The fourth-order valence-electron chi connectivity index (χ4n) is 3.71. The first-order valence-corrected chi connectivity index (χ1v) is 9.42. The lowest BCUT2D eigenvalue weighted by Crippen LogP contribution is -2.53. The zero-order valence-corrected chi connectivity index (χ0v) is 15.0. The lowest BCUT2D eigenvalue weighted by atomic mass is 9.96. The summed E-state index contributed by atoms with van der Waals surface area (Å²) in [6.07, 6.45) is 5.80. The molecule has 0 spiro atoms. The lowest BCUT2D eigenvalue weighted by molar-refractivity contribution is -0.0508. The second-order valence-corrected chi connectivity index (χ2v) is 7.03. The molecule has 1 N–H and O–H groups in total. The Labute approximate surface area is 153 Å². The van der Waals surface area contributed by atoms with Crippen LogP contribution in [-0.2, 0) is 6.54 Å². The molecule has 0 radical (unpaired) electrons. The van der Waals surface area contributed by atoms with Gasteiger partial charge in [-0.1, -0.05) is 37.5 Å². The van der Waals surface area contributed by atoms with E-state index in [1.54, 1.807) is 18.2 Å². The summed E-state index contributed by atoms with van der Waals surface area (Å²) in [4.78, 5) is 16.4. The van der Waals surface area contributed by atoms with E-state index in [2.05, 4.69) is 15.0 Å². The van der Waals surface area contributed by atoms with Crippen molar-refractivity contribution < 1.29 is 18.3 Å². The molecule has 0 unspecified atom stereocenters. The van der Waals surface area contributed by atoms with Gasteiger partial charge in [-0.3, -0.25) is 4.90 Å². The standard InChI is InChI=1S/C19H27F2N3O2/c20-18(21)26-17-9-5-4-6-15(17)14-23-10-12-24(13-11-23)19(25)22-16-7-2-1-3-8-16/h4-6,9,16,18H,1-3,7-8,10-14H2,(H,22,25). The molecule has 2 fully saturated rings. The average molecular weight is 367 g/mol. The van der Waals surface area contributed by atoms with Gasteiger partial charge in [-0.25, -0.2) is 4.79 Å². The largest absolute Gasteiger partial charge is 0.434 e. The van der Waals surface area contributed by atoms with E-state index in [-0.39, 0.29) is 11.8 Å². The van der Waals surface area contributed by atoms with Gasteiger partial charge >= 0.3 is 12.6 Å². The Hall–Kier alpha value is -1.89. The van der Waals surface area contributed by atoms with Crippen LogP contribution in [0.1, 0.15) is 37.7 Å². The van der Waals surface area contributed by atoms with E-state index in [0.29, 0.717) is 25.7 Å². The van der Waals surface area contributed by atoms with Crippen LogP contribution in [0, 0.1) is 0 Å². The molecule has 1 saturated heterocycles. The first kappa shape index (κ1) is 18.9. The zero-order chi connectivity index (χ0) is 18.4. The smallest absolute Gasteiger partial charge is 0.387 e. The highest BCUT2D eigenvalue weighted by Gasteiger charge is 2.24. The molecule has 2 aliphatic rings. The maximum Gasteiger partial charge on any atom is 0.387 e. The average Bonchev–Trinajstić information content (AvgIpc) is 2.64. The van der Waals surface area contributed by atoms with Gasteiger partial charge in [0.05, 0.1) is 0 Å². The fraction of sp³-hybridized carbons (Fsp3) is 0.632. The Bertz CT molecular complexity index is 586. The van der Waals surface area contributed by atoms with Gasteiger partial charge in [-0.15, -0.1) is 0 Å². The number of nitrogens with one attached hydrogen (secondary N) is 1. The molecule has 1 heterocycles. The molecule has 5 nitrogen and oxygen atoms in total. The predicted octanol–water partition coefficient (Wildman–Crippen LogP) is 3.45. The van der Waals surface area contributed by atoms with E-state index >= 15 is 0 Å². The van der Waals surface area contributed by atoms with Gasteiger partial charge in [0.1, 0.15) is 5.75 Å². The van der Waals surface area contributed by atoms with Crippen LogP contribution in [0.4, 0.5) is 13.6 Å². The summed E-state index contributed by atoms with van der Waals surface area (Å²) in [5.74, 6) is 0.222. The minimum absolute atomic E-state index is 0.0259. The predicted molar refractivity (Wildman–Crippen MR) is 95.3 cm³/mol. The van der Waals surface area contributed by atoms with Gasteiger partial charge in [0.25, 0.3) is 0 Å². The highest BCUT2D eigenvalue weighted by Crippen LogP contribution is 2.22.